The lowest BCUT2D eigenvalue weighted by molar-refractivity contribution is 0.0928. The van der Waals surface area contributed by atoms with Crippen LogP contribution in [0.25, 0.3) is 0 Å². The Morgan fingerprint density at radius 1 is 1.55 bits per heavy atom. The van der Waals surface area contributed by atoms with Gasteiger partial charge in [0.2, 0.25) is 0 Å². The van der Waals surface area contributed by atoms with Crippen molar-refractivity contribution >= 4 is 17.5 Å². The lowest BCUT2D eigenvalue weighted by Gasteiger charge is -2.14. The molecule has 0 saturated heterocycles. The molecule has 0 spiro atoms. The van der Waals surface area contributed by atoms with E-state index in [9.17, 15) is 4.79 Å². The molecule has 2 aromatic heterocycles. The highest BCUT2D eigenvalue weighted by Crippen LogP contribution is 2.20. The Balaban J connectivity index is 2.19. The molecule has 0 aliphatic carbocycles. The first-order valence-electron chi connectivity index (χ1n) is 6.33. The molecule has 108 valence electrons. The maximum Gasteiger partial charge on any atom is 0.271 e. The molecule has 2 aromatic rings. The lowest BCUT2D eigenvalue weighted by Crippen LogP contribution is -2.30. The molecule has 2 heterocycles. The zero-order chi connectivity index (χ0) is 14.9. The summed E-state index contributed by atoms with van der Waals surface area (Å²) in [6, 6.07) is -0.267. The van der Waals surface area contributed by atoms with Gasteiger partial charge in [-0.05, 0) is 20.8 Å². The zero-order valence-electron chi connectivity index (χ0n) is 11.9. The summed E-state index contributed by atoms with van der Waals surface area (Å²) in [7, 11) is 1.69. The Morgan fingerprint density at radius 2 is 2.25 bits per heavy atom. The summed E-state index contributed by atoms with van der Waals surface area (Å²) in [4.78, 5) is 16.5. The first-order chi connectivity index (χ1) is 9.45. The van der Waals surface area contributed by atoms with Crippen LogP contribution in [0.5, 0.6) is 0 Å². The minimum atomic E-state index is -0.281. The van der Waals surface area contributed by atoms with E-state index in [2.05, 4.69) is 20.5 Å². The van der Waals surface area contributed by atoms with Crippen LogP contribution in [0, 0.1) is 6.92 Å². The summed E-state index contributed by atoms with van der Waals surface area (Å²) >= 11 is 6.10. The second-order valence-corrected chi connectivity index (χ2v) is 4.88. The van der Waals surface area contributed by atoms with Gasteiger partial charge in [-0.3, -0.25) is 9.48 Å². The molecule has 0 saturated carbocycles. The van der Waals surface area contributed by atoms with Crippen LogP contribution in [-0.4, -0.2) is 30.5 Å². The number of aromatic nitrogens is 5. The zero-order valence-corrected chi connectivity index (χ0v) is 12.6. The minimum Gasteiger partial charge on any atom is -0.341 e. The van der Waals surface area contributed by atoms with Crippen LogP contribution in [0.15, 0.2) is 6.33 Å². The van der Waals surface area contributed by atoms with E-state index >= 15 is 0 Å². The largest absolute Gasteiger partial charge is 0.341 e. The molecular formula is C12H17ClN6O. The van der Waals surface area contributed by atoms with Crippen LogP contribution >= 0.6 is 11.6 Å². The first kappa shape index (κ1) is 14.5. The van der Waals surface area contributed by atoms with E-state index in [4.69, 9.17) is 11.6 Å². The van der Waals surface area contributed by atoms with Crippen molar-refractivity contribution in [2.24, 2.45) is 7.05 Å². The van der Waals surface area contributed by atoms with Crippen LogP contribution in [0.1, 0.15) is 41.9 Å². The molecule has 0 fully saturated rings. The summed E-state index contributed by atoms with van der Waals surface area (Å²) in [5.41, 5.74) is 0.974. The molecule has 8 heteroatoms. The number of aryl methyl sites for hydroxylation is 3. The topological polar surface area (TPSA) is 77.6 Å². The molecular weight excluding hydrogens is 280 g/mol. The average molecular weight is 297 g/mol. The van der Waals surface area contributed by atoms with Crippen molar-refractivity contribution in [2.75, 3.05) is 0 Å². The maximum absolute atomic E-state index is 12.3. The number of hydrogen-bond donors (Lipinski definition) is 1. The van der Waals surface area contributed by atoms with Crippen LogP contribution < -0.4 is 5.32 Å². The Hall–Kier alpha value is -1.89. The van der Waals surface area contributed by atoms with Crippen molar-refractivity contribution in [2.45, 2.75) is 33.4 Å². The molecule has 1 atom stereocenters. The van der Waals surface area contributed by atoms with Gasteiger partial charge >= 0.3 is 0 Å². The van der Waals surface area contributed by atoms with Gasteiger partial charge in [-0.1, -0.05) is 11.6 Å². The average Bonchev–Trinajstić information content (AvgIpc) is 2.95. The fourth-order valence-corrected chi connectivity index (χ4v) is 2.31. The van der Waals surface area contributed by atoms with E-state index in [1.165, 1.54) is 11.0 Å². The Labute approximate surface area is 121 Å². The smallest absolute Gasteiger partial charge is 0.271 e. The third kappa shape index (κ3) is 2.53. The summed E-state index contributed by atoms with van der Waals surface area (Å²) in [5, 5.41) is 11.4. The van der Waals surface area contributed by atoms with Crippen molar-refractivity contribution in [1.82, 2.24) is 29.9 Å². The fourth-order valence-electron chi connectivity index (χ4n) is 2.06. The standard InChI is InChI=1S/C12H17ClN6O/c1-5-19-11(14-6-15-19)8(3)16-12(20)10-9(13)7(2)17-18(10)4/h6,8H,5H2,1-4H3,(H,16,20). The van der Waals surface area contributed by atoms with Gasteiger partial charge in [-0.2, -0.15) is 10.2 Å². The first-order valence-corrected chi connectivity index (χ1v) is 6.71. The molecule has 0 aromatic carbocycles. The molecule has 0 aliphatic rings. The Kier molecular flexibility index (Phi) is 4.08. The number of amides is 1. The van der Waals surface area contributed by atoms with Gasteiger partial charge in [0.05, 0.1) is 16.8 Å². The molecule has 7 nitrogen and oxygen atoms in total. The molecule has 0 bridgehead atoms. The van der Waals surface area contributed by atoms with Crippen molar-refractivity contribution in [3.8, 4) is 0 Å². The van der Waals surface area contributed by atoms with Crippen molar-refractivity contribution in [1.29, 1.82) is 0 Å². The Bertz CT molecular complexity index is 632. The van der Waals surface area contributed by atoms with E-state index in [1.807, 2.05) is 13.8 Å². The van der Waals surface area contributed by atoms with Gasteiger partial charge in [0, 0.05) is 13.6 Å². The molecule has 2 rings (SSSR count). The Morgan fingerprint density at radius 3 is 2.80 bits per heavy atom. The summed E-state index contributed by atoms with van der Waals surface area (Å²) < 4.78 is 3.21. The van der Waals surface area contributed by atoms with Crippen LogP contribution in [0.4, 0.5) is 0 Å². The highest BCUT2D eigenvalue weighted by atomic mass is 35.5. The van der Waals surface area contributed by atoms with Crippen LogP contribution in [0.3, 0.4) is 0 Å². The highest BCUT2D eigenvalue weighted by Gasteiger charge is 2.22. The monoisotopic (exact) mass is 296 g/mol. The van der Waals surface area contributed by atoms with Crippen molar-refractivity contribution in [3.63, 3.8) is 0 Å². The molecule has 1 N–H and O–H groups in total. The molecule has 0 radical (unpaired) electrons. The van der Waals surface area contributed by atoms with E-state index in [0.717, 1.165) is 0 Å². The number of carbonyl (C=O) groups excluding carboxylic acids is 1. The maximum atomic E-state index is 12.3. The van der Waals surface area contributed by atoms with Gasteiger partial charge in [0.1, 0.15) is 17.8 Å². The lowest BCUT2D eigenvalue weighted by atomic mass is 10.2. The normalized spacial score (nSPS) is 12.4. The second kappa shape index (κ2) is 5.62. The predicted octanol–water partition coefficient (Wildman–Crippen LogP) is 1.48. The van der Waals surface area contributed by atoms with Crippen molar-refractivity contribution < 1.29 is 4.79 Å². The number of nitrogens with one attached hydrogen (secondary N) is 1. The molecule has 1 unspecified atom stereocenters. The van der Waals surface area contributed by atoms with Gasteiger partial charge in [0.25, 0.3) is 5.91 Å². The van der Waals surface area contributed by atoms with Crippen LogP contribution in [-0.2, 0) is 13.6 Å². The molecule has 0 aliphatic heterocycles. The van der Waals surface area contributed by atoms with Crippen molar-refractivity contribution in [3.05, 3.63) is 28.6 Å². The number of hydrogen-bond acceptors (Lipinski definition) is 4. The van der Waals surface area contributed by atoms with E-state index in [0.29, 0.717) is 28.8 Å². The number of rotatable bonds is 4. The van der Waals surface area contributed by atoms with Gasteiger partial charge in [-0.15, -0.1) is 0 Å². The molecule has 20 heavy (non-hydrogen) atoms. The predicted molar refractivity (Wildman–Crippen MR) is 74.5 cm³/mol. The highest BCUT2D eigenvalue weighted by molar-refractivity contribution is 6.34. The van der Waals surface area contributed by atoms with Crippen LogP contribution in [0.2, 0.25) is 5.02 Å². The summed E-state index contributed by atoms with van der Waals surface area (Å²) in [5.74, 6) is 0.423. The quantitative estimate of drug-likeness (QED) is 0.927. The number of carbonyl (C=O) groups is 1. The summed E-state index contributed by atoms with van der Waals surface area (Å²) in [6.07, 6.45) is 1.47. The SMILES string of the molecule is CCn1ncnc1C(C)NC(=O)c1c(Cl)c(C)nn1C. The molecule has 1 amide bonds. The fraction of sp³-hybridized carbons (Fsp3) is 0.500. The van der Waals surface area contributed by atoms with Gasteiger partial charge in [0.15, 0.2) is 0 Å². The second-order valence-electron chi connectivity index (χ2n) is 4.50. The number of halogens is 1. The minimum absolute atomic E-state index is 0.267. The summed E-state index contributed by atoms with van der Waals surface area (Å²) in [6.45, 7) is 6.27. The van der Waals surface area contributed by atoms with Gasteiger partial charge < -0.3 is 5.32 Å². The third-order valence-electron chi connectivity index (χ3n) is 3.04. The van der Waals surface area contributed by atoms with E-state index < -0.39 is 0 Å². The van der Waals surface area contributed by atoms with E-state index in [-0.39, 0.29) is 11.9 Å². The van der Waals surface area contributed by atoms with Gasteiger partial charge in [-0.25, -0.2) is 9.67 Å². The third-order valence-corrected chi connectivity index (χ3v) is 3.50. The number of nitrogens with zero attached hydrogens (tertiary/aromatic N) is 5. The van der Waals surface area contributed by atoms with E-state index in [1.54, 1.807) is 18.7 Å².